The van der Waals surface area contributed by atoms with Crippen LogP contribution in [-0.4, -0.2) is 59.4 Å². The Hall–Kier alpha value is -2.24. The van der Waals surface area contributed by atoms with Gasteiger partial charge in [0.15, 0.2) is 0 Å². The van der Waals surface area contributed by atoms with Gasteiger partial charge in [-0.2, -0.15) is 11.8 Å². The number of carbonyl (C=O) groups is 1. The summed E-state index contributed by atoms with van der Waals surface area (Å²) in [7, 11) is 0. The Balaban J connectivity index is 1.55. The van der Waals surface area contributed by atoms with Gasteiger partial charge in [-0.3, -0.25) is 9.69 Å². The number of para-hydroxylation sites is 1. The molecule has 0 saturated carbocycles. The maximum atomic E-state index is 13.0. The van der Waals surface area contributed by atoms with E-state index in [2.05, 4.69) is 35.4 Å². The summed E-state index contributed by atoms with van der Waals surface area (Å²) in [5.74, 6) is 2.99. The third-order valence-corrected chi connectivity index (χ3v) is 8.16. The minimum absolute atomic E-state index is 0.0691. The highest BCUT2D eigenvalue weighted by molar-refractivity contribution is 7.98. The van der Waals surface area contributed by atoms with Crippen LogP contribution in [0.4, 0.5) is 0 Å². The van der Waals surface area contributed by atoms with Crippen molar-refractivity contribution in [2.45, 2.75) is 51.6 Å². The number of carbonyl (C=O) groups excluding carboxylic acids is 1. The molecule has 3 heterocycles. The summed E-state index contributed by atoms with van der Waals surface area (Å²) >= 11 is 1.94. The van der Waals surface area contributed by atoms with Crippen molar-refractivity contribution in [1.29, 1.82) is 0 Å². The largest absolute Gasteiger partial charge is 0.456 e. The average molecular weight is 463 g/mol. The third-order valence-electron chi connectivity index (χ3n) is 7.57. The van der Waals surface area contributed by atoms with Crippen molar-refractivity contribution in [3.63, 3.8) is 0 Å². The van der Waals surface area contributed by atoms with Gasteiger partial charge in [0.25, 0.3) is 5.91 Å². The van der Waals surface area contributed by atoms with Gasteiger partial charge in [0, 0.05) is 54.2 Å². The second kappa shape index (κ2) is 9.55. The predicted octanol–water partition coefficient (Wildman–Crippen LogP) is 6.07. The molecule has 2 saturated heterocycles. The molecule has 2 aromatic carbocycles. The predicted molar refractivity (Wildman–Crippen MR) is 137 cm³/mol. The molecule has 5 rings (SSSR count). The Morgan fingerprint density at radius 1 is 1.03 bits per heavy atom. The zero-order valence-corrected chi connectivity index (χ0v) is 20.8. The number of thioether (sulfide) groups is 1. The quantitative estimate of drug-likeness (QED) is 0.445. The number of rotatable bonds is 6. The van der Waals surface area contributed by atoms with Gasteiger partial charge in [-0.15, -0.1) is 0 Å². The fourth-order valence-corrected chi connectivity index (χ4v) is 6.31. The molecule has 2 aromatic rings. The number of piperidine rings is 1. The summed E-state index contributed by atoms with van der Waals surface area (Å²) in [5, 5.41) is 0. The fourth-order valence-electron chi connectivity index (χ4n) is 5.92. The van der Waals surface area contributed by atoms with Crippen LogP contribution in [0.1, 0.15) is 61.0 Å². The van der Waals surface area contributed by atoms with E-state index < -0.39 is 0 Å². The third kappa shape index (κ3) is 4.10. The summed E-state index contributed by atoms with van der Waals surface area (Å²) in [6.45, 7) is 6.67. The number of ether oxygens (including phenoxy) is 1. The molecule has 0 aliphatic carbocycles. The number of fused-ring (bicyclic) bond motifs is 4. The van der Waals surface area contributed by atoms with Crippen LogP contribution >= 0.6 is 11.8 Å². The molecule has 0 radical (unpaired) electrons. The molecule has 174 valence electrons. The highest BCUT2D eigenvalue weighted by Crippen LogP contribution is 2.49. The van der Waals surface area contributed by atoms with Gasteiger partial charge in [-0.05, 0) is 75.6 Å². The molecule has 33 heavy (non-hydrogen) atoms. The highest BCUT2D eigenvalue weighted by atomic mass is 32.2. The van der Waals surface area contributed by atoms with Gasteiger partial charge in [0.1, 0.15) is 11.5 Å². The van der Waals surface area contributed by atoms with Crippen LogP contribution in [0.3, 0.4) is 0 Å². The van der Waals surface area contributed by atoms with Crippen molar-refractivity contribution >= 4 is 23.2 Å². The molecule has 3 aliphatic rings. The van der Waals surface area contributed by atoms with E-state index in [-0.39, 0.29) is 5.91 Å². The smallest absolute Gasteiger partial charge is 0.253 e. The lowest BCUT2D eigenvalue weighted by Gasteiger charge is -2.38. The van der Waals surface area contributed by atoms with Crippen molar-refractivity contribution in [3.05, 3.63) is 64.7 Å². The SMILES string of the molecule is CCN(CC)C(=O)c1ccc2c(c1)Oc1ccccc1C2=C1CC2CCC(C1)N2CCSC. The Kier molecular flexibility index (Phi) is 6.53. The minimum Gasteiger partial charge on any atom is -0.456 e. The highest BCUT2D eigenvalue weighted by Gasteiger charge is 2.40. The Morgan fingerprint density at radius 3 is 2.42 bits per heavy atom. The summed E-state index contributed by atoms with van der Waals surface area (Å²) in [6, 6.07) is 15.7. The standard InChI is InChI=1S/C28H34N2O2S/c1-4-29(5-2)28(31)19-10-13-24-26(18-19)32-25-9-7-6-8-23(25)27(24)20-16-21-11-12-22(17-20)30(21)14-15-33-3/h6-10,13,18,21-22H,4-5,11-12,14-17H2,1-3H3. The molecule has 2 bridgehead atoms. The number of benzene rings is 2. The minimum atomic E-state index is 0.0691. The maximum absolute atomic E-state index is 13.0. The van der Waals surface area contributed by atoms with E-state index in [4.69, 9.17) is 4.74 Å². The normalized spacial score (nSPS) is 21.4. The van der Waals surface area contributed by atoms with E-state index in [1.165, 1.54) is 36.3 Å². The zero-order chi connectivity index (χ0) is 22.9. The van der Waals surface area contributed by atoms with Crippen molar-refractivity contribution in [3.8, 4) is 11.5 Å². The van der Waals surface area contributed by atoms with E-state index >= 15 is 0 Å². The number of hydrogen-bond donors (Lipinski definition) is 0. The van der Waals surface area contributed by atoms with Crippen molar-refractivity contribution in [2.75, 3.05) is 31.6 Å². The Labute approximate surface area is 202 Å². The number of hydrogen-bond acceptors (Lipinski definition) is 4. The van der Waals surface area contributed by atoms with Gasteiger partial charge >= 0.3 is 0 Å². The van der Waals surface area contributed by atoms with E-state index in [1.54, 1.807) is 5.57 Å². The lowest BCUT2D eigenvalue weighted by Crippen LogP contribution is -2.42. The first-order valence-electron chi connectivity index (χ1n) is 12.3. The molecule has 2 fully saturated rings. The van der Waals surface area contributed by atoms with Crippen LogP contribution in [-0.2, 0) is 0 Å². The van der Waals surface area contributed by atoms with Crippen molar-refractivity contribution in [2.24, 2.45) is 0 Å². The number of amides is 1. The molecule has 2 unspecified atom stereocenters. The Bertz CT molecular complexity index is 1060. The first-order chi connectivity index (χ1) is 16.1. The molecular formula is C28H34N2O2S. The van der Waals surface area contributed by atoms with E-state index in [0.29, 0.717) is 30.7 Å². The van der Waals surface area contributed by atoms with Crippen LogP contribution in [0, 0.1) is 0 Å². The molecule has 2 atom stereocenters. The van der Waals surface area contributed by atoms with E-state index in [9.17, 15) is 4.79 Å². The van der Waals surface area contributed by atoms with Crippen LogP contribution < -0.4 is 4.74 Å². The van der Waals surface area contributed by atoms with E-state index in [1.807, 2.05) is 48.7 Å². The first-order valence-corrected chi connectivity index (χ1v) is 13.7. The number of nitrogens with zero attached hydrogens (tertiary/aromatic N) is 2. The second-order valence-electron chi connectivity index (χ2n) is 9.29. The molecule has 0 spiro atoms. The molecule has 0 aromatic heterocycles. The van der Waals surface area contributed by atoms with Crippen molar-refractivity contribution < 1.29 is 9.53 Å². The van der Waals surface area contributed by atoms with E-state index in [0.717, 1.165) is 29.9 Å². The lowest BCUT2D eigenvalue weighted by molar-refractivity contribution is 0.0772. The monoisotopic (exact) mass is 462 g/mol. The molecular weight excluding hydrogens is 428 g/mol. The van der Waals surface area contributed by atoms with Gasteiger partial charge < -0.3 is 9.64 Å². The molecule has 4 nitrogen and oxygen atoms in total. The van der Waals surface area contributed by atoms with Gasteiger partial charge in [0.2, 0.25) is 0 Å². The van der Waals surface area contributed by atoms with Gasteiger partial charge in [-0.25, -0.2) is 0 Å². The summed E-state index contributed by atoms with van der Waals surface area (Å²) in [5.41, 5.74) is 5.93. The van der Waals surface area contributed by atoms with Gasteiger partial charge in [0.05, 0.1) is 0 Å². The molecule has 3 aliphatic heterocycles. The van der Waals surface area contributed by atoms with Crippen LogP contribution in [0.15, 0.2) is 48.0 Å². The molecule has 5 heteroatoms. The summed E-state index contributed by atoms with van der Waals surface area (Å²) < 4.78 is 6.36. The van der Waals surface area contributed by atoms with Crippen molar-refractivity contribution in [1.82, 2.24) is 9.80 Å². The van der Waals surface area contributed by atoms with Crippen LogP contribution in [0.2, 0.25) is 0 Å². The fraction of sp³-hybridized carbons (Fsp3) is 0.464. The lowest BCUT2D eigenvalue weighted by atomic mass is 9.83. The zero-order valence-electron chi connectivity index (χ0n) is 20.0. The maximum Gasteiger partial charge on any atom is 0.253 e. The molecule has 0 N–H and O–H groups in total. The second-order valence-corrected chi connectivity index (χ2v) is 10.3. The van der Waals surface area contributed by atoms with Crippen LogP contribution in [0.25, 0.3) is 5.57 Å². The van der Waals surface area contributed by atoms with Crippen LogP contribution in [0.5, 0.6) is 11.5 Å². The average Bonchev–Trinajstić information content (AvgIpc) is 3.08. The Morgan fingerprint density at radius 2 is 1.73 bits per heavy atom. The topological polar surface area (TPSA) is 32.8 Å². The first kappa shape index (κ1) is 22.5. The van der Waals surface area contributed by atoms with Gasteiger partial charge in [-0.1, -0.05) is 23.8 Å². The summed E-state index contributed by atoms with van der Waals surface area (Å²) in [4.78, 5) is 17.6. The summed E-state index contributed by atoms with van der Waals surface area (Å²) in [6.07, 6.45) is 7.08. The molecule has 1 amide bonds.